The van der Waals surface area contributed by atoms with E-state index in [0.717, 1.165) is 29.3 Å². The van der Waals surface area contributed by atoms with E-state index in [2.05, 4.69) is 31.3 Å². The number of ether oxygens (including phenoxy) is 1. The van der Waals surface area contributed by atoms with Crippen molar-refractivity contribution in [1.29, 1.82) is 0 Å². The zero-order chi connectivity index (χ0) is 15.1. The number of hydrogen-bond donors (Lipinski definition) is 1. The van der Waals surface area contributed by atoms with Crippen molar-refractivity contribution in [3.8, 4) is 5.75 Å². The first-order valence-electron chi connectivity index (χ1n) is 7.39. The van der Waals surface area contributed by atoms with Crippen LogP contribution in [-0.4, -0.2) is 6.54 Å². The van der Waals surface area contributed by atoms with Crippen LogP contribution in [0.15, 0.2) is 48.5 Å². The summed E-state index contributed by atoms with van der Waals surface area (Å²) in [6.45, 7) is 5.92. The molecule has 0 fully saturated rings. The molecule has 0 spiro atoms. The van der Waals surface area contributed by atoms with E-state index in [1.54, 1.807) is 0 Å². The van der Waals surface area contributed by atoms with Crippen molar-refractivity contribution in [3.05, 3.63) is 64.7 Å². The van der Waals surface area contributed by atoms with Gasteiger partial charge in [0.1, 0.15) is 12.4 Å². The lowest BCUT2D eigenvalue weighted by atomic mass is 10.1. The average molecular weight is 304 g/mol. The first-order chi connectivity index (χ1) is 10.2. The Morgan fingerprint density at radius 3 is 2.57 bits per heavy atom. The molecular formula is C18H22ClNO. The van der Waals surface area contributed by atoms with Gasteiger partial charge in [-0.2, -0.15) is 0 Å². The highest BCUT2D eigenvalue weighted by Crippen LogP contribution is 2.19. The largest absolute Gasteiger partial charge is 0.489 e. The fraction of sp³-hybridized carbons (Fsp3) is 0.333. The van der Waals surface area contributed by atoms with E-state index in [-0.39, 0.29) is 0 Å². The maximum Gasteiger partial charge on any atom is 0.119 e. The molecule has 3 heteroatoms. The SMILES string of the molecule is CCCNC(C)c1ccc(OCc2cccc(Cl)c2)cc1. The molecule has 2 nitrogen and oxygen atoms in total. The molecular weight excluding hydrogens is 282 g/mol. The minimum absolute atomic E-state index is 0.368. The number of benzene rings is 2. The van der Waals surface area contributed by atoms with Crippen LogP contribution < -0.4 is 10.1 Å². The summed E-state index contributed by atoms with van der Waals surface area (Å²) in [7, 11) is 0. The molecule has 0 bridgehead atoms. The van der Waals surface area contributed by atoms with Gasteiger partial charge in [-0.25, -0.2) is 0 Å². The van der Waals surface area contributed by atoms with E-state index < -0.39 is 0 Å². The first kappa shape index (κ1) is 15.9. The maximum atomic E-state index is 5.96. The third-order valence-corrected chi connectivity index (χ3v) is 3.61. The topological polar surface area (TPSA) is 21.3 Å². The molecule has 2 rings (SSSR count). The van der Waals surface area contributed by atoms with Gasteiger partial charge < -0.3 is 10.1 Å². The van der Waals surface area contributed by atoms with Crippen molar-refractivity contribution in [2.75, 3.05) is 6.54 Å². The Kier molecular flexibility index (Phi) is 6.09. The molecule has 2 aromatic rings. The second kappa shape index (κ2) is 8.06. The lowest BCUT2D eigenvalue weighted by Crippen LogP contribution is -2.19. The van der Waals surface area contributed by atoms with Gasteiger partial charge in [-0.1, -0.05) is 42.8 Å². The van der Waals surface area contributed by atoms with Gasteiger partial charge in [0, 0.05) is 11.1 Å². The molecule has 0 aliphatic carbocycles. The van der Waals surface area contributed by atoms with Crippen molar-refractivity contribution in [3.63, 3.8) is 0 Å². The van der Waals surface area contributed by atoms with Crippen LogP contribution in [0.2, 0.25) is 5.02 Å². The second-order valence-electron chi connectivity index (χ2n) is 5.16. The molecule has 0 saturated heterocycles. The summed E-state index contributed by atoms with van der Waals surface area (Å²) in [4.78, 5) is 0. The Morgan fingerprint density at radius 1 is 1.14 bits per heavy atom. The smallest absolute Gasteiger partial charge is 0.119 e. The summed E-state index contributed by atoms with van der Waals surface area (Å²) in [6.07, 6.45) is 1.14. The molecule has 1 unspecified atom stereocenters. The fourth-order valence-electron chi connectivity index (χ4n) is 2.12. The minimum atomic E-state index is 0.368. The van der Waals surface area contributed by atoms with Crippen LogP contribution in [0.3, 0.4) is 0 Å². The monoisotopic (exact) mass is 303 g/mol. The Labute approximate surface area is 132 Å². The molecule has 0 saturated carbocycles. The van der Waals surface area contributed by atoms with Crippen molar-refractivity contribution in [1.82, 2.24) is 5.32 Å². The Morgan fingerprint density at radius 2 is 1.90 bits per heavy atom. The minimum Gasteiger partial charge on any atom is -0.489 e. The van der Waals surface area contributed by atoms with Crippen LogP contribution in [0.25, 0.3) is 0 Å². The Hall–Kier alpha value is -1.51. The molecule has 112 valence electrons. The van der Waals surface area contributed by atoms with Gasteiger partial charge in [0.05, 0.1) is 0 Å². The van der Waals surface area contributed by atoms with Crippen molar-refractivity contribution in [2.24, 2.45) is 0 Å². The van der Waals surface area contributed by atoms with Gasteiger partial charge in [0.15, 0.2) is 0 Å². The standard InChI is InChI=1S/C18H22ClNO/c1-3-11-20-14(2)16-7-9-18(10-8-16)21-13-15-5-4-6-17(19)12-15/h4-10,12,14,20H,3,11,13H2,1-2H3. The van der Waals surface area contributed by atoms with Crippen LogP contribution >= 0.6 is 11.6 Å². The van der Waals surface area contributed by atoms with E-state index in [9.17, 15) is 0 Å². The number of nitrogens with one attached hydrogen (secondary N) is 1. The van der Waals surface area contributed by atoms with Crippen molar-refractivity contribution in [2.45, 2.75) is 32.9 Å². The summed E-state index contributed by atoms with van der Waals surface area (Å²) < 4.78 is 5.78. The summed E-state index contributed by atoms with van der Waals surface area (Å²) in [5.41, 5.74) is 2.35. The van der Waals surface area contributed by atoms with Crippen LogP contribution in [0.4, 0.5) is 0 Å². The highest BCUT2D eigenvalue weighted by Gasteiger charge is 2.04. The average Bonchev–Trinajstić information content (AvgIpc) is 2.51. The Bertz CT molecular complexity index is 553. The third kappa shape index (κ3) is 5.07. The molecule has 1 N–H and O–H groups in total. The fourth-order valence-corrected chi connectivity index (χ4v) is 2.34. The van der Waals surface area contributed by atoms with Gasteiger partial charge in [0.25, 0.3) is 0 Å². The first-order valence-corrected chi connectivity index (χ1v) is 7.77. The molecule has 0 heterocycles. The van der Waals surface area contributed by atoms with Crippen LogP contribution in [0, 0.1) is 0 Å². The zero-order valence-corrected chi connectivity index (χ0v) is 13.4. The van der Waals surface area contributed by atoms with E-state index in [1.807, 2.05) is 36.4 Å². The summed E-state index contributed by atoms with van der Waals surface area (Å²) in [6, 6.07) is 16.4. The van der Waals surface area contributed by atoms with E-state index in [0.29, 0.717) is 12.6 Å². The van der Waals surface area contributed by atoms with Crippen LogP contribution in [0.5, 0.6) is 5.75 Å². The molecule has 2 aromatic carbocycles. The molecule has 1 atom stereocenters. The van der Waals surface area contributed by atoms with Gasteiger partial charge in [0.2, 0.25) is 0 Å². The van der Waals surface area contributed by atoms with Crippen LogP contribution in [-0.2, 0) is 6.61 Å². The molecule has 0 aromatic heterocycles. The molecule has 0 radical (unpaired) electrons. The highest BCUT2D eigenvalue weighted by atomic mass is 35.5. The molecule has 0 amide bonds. The number of halogens is 1. The van der Waals surface area contributed by atoms with Gasteiger partial charge in [-0.05, 0) is 55.3 Å². The molecule has 0 aliphatic heterocycles. The predicted molar refractivity (Wildman–Crippen MR) is 88.9 cm³/mol. The van der Waals surface area contributed by atoms with Gasteiger partial charge in [-0.3, -0.25) is 0 Å². The number of rotatable bonds is 7. The van der Waals surface area contributed by atoms with Crippen LogP contribution in [0.1, 0.15) is 37.4 Å². The summed E-state index contributed by atoms with van der Waals surface area (Å²) >= 11 is 5.96. The molecule has 0 aliphatic rings. The number of hydrogen-bond acceptors (Lipinski definition) is 2. The van der Waals surface area contributed by atoms with E-state index in [1.165, 1.54) is 5.56 Å². The van der Waals surface area contributed by atoms with Gasteiger partial charge in [-0.15, -0.1) is 0 Å². The maximum absolute atomic E-state index is 5.96. The van der Waals surface area contributed by atoms with Crippen molar-refractivity contribution >= 4 is 11.6 Å². The second-order valence-corrected chi connectivity index (χ2v) is 5.60. The molecule has 21 heavy (non-hydrogen) atoms. The van der Waals surface area contributed by atoms with Gasteiger partial charge >= 0.3 is 0 Å². The van der Waals surface area contributed by atoms with E-state index in [4.69, 9.17) is 16.3 Å². The van der Waals surface area contributed by atoms with E-state index >= 15 is 0 Å². The summed E-state index contributed by atoms with van der Waals surface area (Å²) in [5.74, 6) is 0.876. The third-order valence-electron chi connectivity index (χ3n) is 3.38. The summed E-state index contributed by atoms with van der Waals surface area (Å²) in [5, 5.41) is 4.21. The normalized spacial score (nSPS) is 12.1. The van der Waals surface area contributed by atoms with Crippen molar-refractivity contribution < 1.29 is 4.74 Å². The zero-order valence-electron chi connectivity index (χ0n) is 12.6. The quantitative estimate of drug-likeness (QED) is 0.779. The highest BCUT2D eigenvalue weighted by molar-refractivity contribution is 6.30. The lowest BCUT2D eigenvalue weighted by Gasteiger charge is -2.14. The predicted octanol–water partition coefficient (Wildman–Crippen LogP) is 4.98. The Balaban J connectivity index is 1.90. The lowest BCUT2D eigenvalue weighted by molar-refractivity contribution is 0.306.